The summed E-state index contributed by atoms with van der Waals surface area (Å²) in [4.78, 5) is 19.8. The lowest BCUT2D eigenvalue weighted by Crippen LogP contribution is -2.01. The van der Waals surface area contributed by atoms with E-state index in [1.54, 1.807) is 12.3 Å². The lowest BCUT2D eigenvalue weighted by atomic mass is 10.2. The van der Waals surface area contributed by atoms with Crippen LogP contribution in [-0.4, -0.2) is 21.5 Å². The van der Waals surface area contributed by atoms with Crippen molar-refractivity contribution in [2.24, 2.45) is 0 Å². The van der Waals surface area contributed by atoms with Crippen LogP contribution >= 0.6 is 55.0 Å². The summed E-state index contributed by atoms with van der Waals surface area (Å²) in [7, 11) is 0. The third-order valence-corrected chi connectivity index (χ3v) is 5.15. The van der Waals surface area contributed by atoms with Crippen molar-refractivity contribution < 1.29 is 4.79 Å². The smallest absolute Gasteiger partial charge is 0.175 e. The second kappa shape index (κ2) is 6.08. The van der Waals surface area contributed by atoms with Gasteiger partial charge >= 0.3 is 0 Å². The number of rotatable bonds is 4. The molecular formula is C10H6Br2N2OS2. The van der Waals surface area contributed by atoms with Crippen LogP contribution in [0.1, 0.15) is 10.4 Å². The van der Waals surface area contributed by atoms with Crippen LogP contribution in [0.15, 0.2) is 37.3 Å². The van der Waals surface area contributed by atoms with Crippen molar-refractivity contribution in [2.75, 3.05) is 5.75 Å². The Labute approximate surface area is 123 Å². The van der Waals surface area contributed by atoms with E-state index in [4.69, 9.17) is 0 Å². The molecule has 0 aromatic carbocycles. The van der Waals surface area contributed by atoms with Gasteiger partial charge in [0.1, 0.15) is 6.33 Å². The monoisotopic (exact) mass is 392 g/mol. The Morgan fingerprint density at radius 2 is 2.29 bits per heavy atom. The Bertz CT molecular complexity index is 530. The first-order valence-electron chi connectivity index (χ1n) is 4.53. The van der Waals surface area contributed by atoms with Gasteiger partial charge in [0.2, 0.25) is 0 Å². The minimum atomic E-state index is 0.0856. The van der Waals surface area contributed by atoms with Crippen molar-refractivity contribution in [1.82, 2.24) is 9.97 Å². The van der Waals surface area contributed by atoms with Crippen molar-refractivity contribution in [1.29, 1.82) is 0 Å². The summed E-state index contributed by atoms with van der Waals surface area (Å²) in [6.07, 6.45) is 3.14. The number of Topliss-reactive ketones (excluding diaryl/α,β-unsaturated/α-hetero) is 1. The number of ketones is 1. The molecule has 0 saturated carbocycles. The zero-order chi connectivity index (χ0) is 12.3. The zero-order valence-electron chi connectivity index (χ0n) is 8.39. The lowest BCUT2D eigenvalue weighted by Gasteiger charge is -1.99. The van der Waals surface area contributed by atoms with Gasteiger partial charge in [-0.25, -0.2) is 9.97 Å². The number of thiophene rings is 1. The molecule has 2 heterocycles. The number of aromatic nitrogens is 2. The first-order chi connectivity index (χ1) is 8.16. The summed E-state index contributed by atoms with van der Waals surface area (Å²) in [5, 5.41) is 0.804. The van der Waals surface area contributed by atoms with E-state index in [-0.39, 0.29) is 5.78 Å². The Morgan fingerprint density at radius 1 is 1.47 bits per heavy atom. The molecule has 0 aliphatic carbocycles. The quantitative estimate of drug-likeness (QED) is 0.446. The number of carbonyl (C=O) groups is 1. The van der Waals surface area contributed by atoms with Gasteiger partial charge in [-0.3, -0.25) is 4.79 Å². The minimum absolute atomic E-state index is 0.0856. The molecule has 2 aromatic heterocycles. The molecule has 0 spiro atoms. The Kier molecular flexibility index (Phi) is 4.72. The summed E-state index contributed by atoms with van der Waals surface area (Å²) < 4.78 is 1.80. The summed E-state index contributed by atoms with van der Waals surface area (Å²) in [6, 6.07) is 3.62. The number of nitrogens with zero attached hydrogens (tertiary/aromatic N) is 2. The van der Waals surface area contributed by atoms with Gasteiger partial charge in [0.05, 0.1) is 18.4 Å². The molecule has 0 bridgehead atoms. The summed E-state index contributed by atoms with van der Waals surface area (Å²) in [5.41, 5.74) is 0.712. The molecule has 0 saturated heterocycles. The third-order valence-electron chi connectivity index (χ3n) is 1.86. The van der Waals surface area contributed by atoms with E-state index >= 15 is 0 Å². The average Bonchev–Trinajstić information content (AvgIpc) is 2.67. The highest BCUT2D eigenvalue weighted by Crippen LogP contribution is 2.32. The van der Waals surface area contributed by atoms with Gasteiger partial charge < -0.3 is 0 Å². The number of hydrogen-bond acceptors (Lipinski definition) is 5. The molecular weight excluding hydrogens is 388 g/mol. The highest BCUT2D eigenvalue weighted by Gasteiger charge is 2.14. The van der Waals surface area contributed by atoms with Gasteiger partial charge in [0, 0.05) is 11.8 Å². The van der Waals surface area contributed by atoms with E-state index in [2.05, 4.69) is 41.8 Å². The SMILES string of the molecule is O=C(CSc1ccncn1)c1cc(Br)sc1Br. The van der Waals surface area contributed by atoms with E-state index in [0.717, 1.165) is 12.6 Å². The van der Waals surface area contributed by atoms with Crippen LogP contribution in [0.5, 0.6) is 0 Å². The van der Waals surface area contributed by atoms with Gasteiger partial charge in [0.25, 0.3) is 0 Å². The van der Waals surface area contributed by atoms with Crippen LogP contribution in [0.3, 0.4) is 0 Å². The predicted molar refractivity (Wildman–Crippen MR) is 76.8 cm³/mol. The van der Waals surface area contributed by atoms with Crippen molar-refractivity contribution >= 4 is 60.7 Å². The molecule has 0 atom stereocenters. The van der Waals surface area contributed by atoms with Crippen molar-refractivity contribution in [2.45, 2.75) is 5.03 Å². The fourth-order valence-corrected chi connectivity index (χ4v) is 4.68. The fourth-order valence-electron chi connectivity index (χ4n) is 1.11. The highest BCUT2D eigenvalue weighted by atomic mass is 79.9. The largest absolute Gasteiger partial charge is 0.293 e. The van der Waals surface area contributed by atoms with Gasteiger partial charge in [-0.2, -0.15) is 0 Å². The maximum Gasteiger partial charge on any atom is 0.175 e. The zero-order valence-corrected chi connectivity index (χ0v) is 13.2. The second-order valence-corrected chi connectivity index (χ2v) is 7.74. The van der Waals surface area contributed by atoms with Crippen molar-refractivity contribution in [3.8, 4) is 0 Å². The van der Waals surface area contributed by atoms with Crippen LogP contribution in [0.2, 0.25) is 0 Å². The highest BCUT2D eigenvalue weighted by molar-refractivity contribution is 9.12. The number of halogens is 2. The van der Waals surface area contributed by atoms with E-state index in [9.17, 15) is 4.79 Å². The van der Waals surface area contributed by atoms with Gasteiger partial charge in [-0.1, -0.05) is 11.8 Å². The average molecular weight is 394 g/mol. The lowest BCUT2D eigenvalue weighted by molar-refractivity contribution is 0.102. The van der Waals surface area contributed by atoms with Crippen molar-refractivity contribution in [3.63, 3.8) is 0 Å². The molecule has 7 heteroatoms. The topological polar surface area (TPSA) is 42.9 Å². The Balaban J connectivity index is 2.01. The van der Waals surface area contributed by atoms with Crippen LogP contribution < -0.4 is 0 Å². The van der Waals surface area contributed by atoms with E-state index < -0.39 is 0 Å². The second-order valence-electron chi connectivity index (χ2n) is 3.00. The van der Waals surface area contributed by atoms with Gasteiger partial charge in [0.15, 0.2) is 5.78 Å². The summed E-state index contributed by atoms with van der Waals surface area (Å²) in [5.74, 6) is 0.459. The number of thioether (sulfide) groups is 1. The first kappa shape index (κ1) is 13.2. The van der Waals surface area contributed by atoms with Crippen LogP contribution in [0.4, 0.5) is 0 Å². The molecule has 88 valence electrons. The number of hydrogen-bond donors (Lipinski definition) is 0. The maximum atomic E-state index is 11.9. The molecule has 0 fully saturated rings. The normalized spacial score (nSPS) is 10.5. The molecule has 2 rings (SSSR count). The van der Waals surface area contributed by atoms with E-state index in [1.165, 1.54) is 29.4 Å². The van der Waals surface area contributed by atoms with E-state index in [1.807, 2.05) is 6.07 Å². The molecule has 0 aliphatic rings. The fraction of sp³-hybridized carbons (Fsp3) is 0.100. The molecule has 17 heavy (non-hydrogen) atoms. The molecule has 0 aliphatic heterocycles. The van der Waals surface area contributed by atoms with Crippen molar-refractivity contribution in [3.05, 3.63) is 37.8 Å². The predicted octanol–water partition coefficient (Wildman–Crippen LogP) is 4.04. The summed E-state index contributed by atoms with van der Waals surface area (Å²) in [6.45, 7) is 0. The van der Waals surface area contributed by atoms with Crippen LogP contribution in [-0.2, 0) is 0 Å². The molecule has 3 nitrogen and oxygen atoms in total. The Morgan fingerprint density at radius 3 is 2.88 bits per heavy atom. The molecule has 0 radical (unpaired) electrons. The molecule has 0 unspecified atom stereocenters. The molecule has 0 amide bonds. The van der Waals surface area contributed by atoms with Gasteiger partial charge in [-0.15, -0.1) is 11.3 Å². The minimum Gasteiger partial charge on any atom is -0.293 e. The third kappa shape index (κ3) is 3.61. The Hall–Kier alpha value is -0.240. The maximum absolute atomic E-state index is 11.9. The molecule has 0 N–H and O–H groups in total. The van der Waals surface area contributed by atoms with E-state index in [0.29, 0.717) is 11.3 Å². The first-order valence-corrected chi connectivity index (χ1v) is 7.92. The van der Waals surface area contributed by atoms with Crippen LogP contribution in [0.25, 0.3) is 0 Å². The van der Waals surface area contributed by atoms with Crippen LogP contribution in [0, 0.1) is 0 Å². The standard InChI is InChI=1S/C10H6Br2N2OS2/c11-8-3-6(10(12)17-8)7(15)4-16-9-1-2-13-5-14-9/h1-3,5H,4H2. The summed E-state index contributed by atoms with van der Waals surface area (Å²) >= 11 is 9.64. The molecule has 2 aromatic rings. The number of carbonyl (C=O) groups excluding carboxylic acids is 1. The van der Waals surface area contributed by atoms with Gasteiger partial charge in [-0.05, 0) is 44.0 Å².